The minimum absolute atomic E-state index is 0.150. The maximum atomic E-state index is 13.4. The highest BCUT2D eigenvalue weighted by Gasteiger charge is 2.26. The topological polar surface area (TPSA) is 43.8 Å². The average Bonchev–Trinajstić information content (AvgIpc) is 2.38. The smallest absolute Gasteiger partial charge is 0.336 e. The van der Waals surface area contributed by atoms with Gasteiger partial charge in [-0.25, -0.2) is 9.18 Å². The van der Waals surface area contributed by atoms with E-state index in [2.05, 4.69) is 30.6 Å². The Morgan fingerprint density at radius 1 is 1.24 bits per heavy atom. The molecule has 2 rings (SSSR count). The molecule has 0 saturated carbocycles. The fourth-order valence-electron chi connectivity index (χ4n) is 2.72. The van der Waals surface area contributed by atoms with Crippen LogP contribution in [0.5, 0.6) is 0 Å². The monoisotopic (exact) mass is 294 g/mol. The van der Waals surface area contributed by atoms with Crippen molar-refractivity contribution in [2.75, 3.05) is 26.2 Å². The van der Waals surface area contributed by atoms with E-state index in [0.29, 0.717) is 12.1 Å². The minimum atomic E-state index is -1.00. The molecule has 0 unspecified atom stereocenters. The van der Waals surface area contributed by atoms with Gasteiger partial charge in [0, 0.05) is 38.3 Å². The summed E-state index contributed by atoms with van der Waals surface area (Å²) < 4.78 is 13.4. The predicted octanol–water partition coefficient (Wildman–Crippen LogP) is 2.44. The fraction of sp³-hybridized carbons (Fsp3) is 0.562. The zero-order valence-corrected chi connectivity index (χ0v) is 12.9. The number of halogens is 1. The lowest BCUT2D eigenvalue weighted by Crippen LogP contribution is -2.53. The van der Waals surface area contributed by atoms with Crippen molar-refractivity contribution < 1.29 is 14.3 Å². The second-order valence-corrected chi connectivity index (χ2v) is 6.54. The van der Waals surface area contributed by atoms with Crippen LogP contribution in [-0.4, -0.2) is 52.6 Å². The zero-order chi connectivity index (χ0) is 15.6. The second-order valence-electron chi connectivity index (χ2n) is 6.54. The van der Waals surface area contributed by atoms with Gasteiger partial charge in [-0.3, -0.25) is 9.80 Å². The molecule has 1 aliphatic heterocycles. The van der Waals surface area contributed by atoms with Crippen molar-refractivity contribution in [1.82, 2.24) is 9.80 Å². The predicted molar refractivity (Wildman–Crippen MR) is 80.0 cm³/mol. The summed E-state index contributed by atoms with van der Waals surface area (Å²) in [6.45, 7) is 10.7. The number of carbonyl (C=O) groups is 1. The molecule has 0 aliphatic carbocycles. The van der Waals surface area contributed by atoms with Gasteiger partial charge in [0.25, 0.3) is 0 Å². The average molecular weight is 294 g/mol. The summed E-state index contributed by atoms with van der Waals surface area (Å²) in [7, 11) is 0. The largest absolute Gasteiger partial charge is 0.478 e. The van der Waals surface area contributed by atoms with Gasteiger partial charge in [-0.15, -0.1) is 0 Å². The number of hydrogen-bond donors (Lipinski definition) is 1. The quantitative estimate of drug-likeness (QED) is 0.930. The Balaban J connectivity index is 2.04. The molecule has 1 aromatic rings. The van der Waals surface area contributed by atoms with E-state index < -0.39 is 5.97 Å². The summed E-state index contributed by atoms with van der Waals surface area (Å²) in [4.78, 5) is 15.8. The number of benzene rings is 1. The van der Waals surface area contributed by atoms with Crippen LogP contribution in [0.15, 0.2) is 18.2 Å². The van der Waals surface area contributed by atoms with Gasteiger partial charge in [0.15, 0.2) is 0 Å². The summed E-state index contributed by atoms with van der Waals surface area (Å²) in [5.74, 6) is -1.39. The van der Waals surface area contributed by atoms with Gasteiger partial charge in [-0.2, -0.15) is 0 Å². The first-order chi connectivity index (χ1) is 9.77. The Bertz CT molecular complexity index is 517. The Hall–Kier alpha value is -1.46. The Kier molecular flexibility index (Phi) is 4.64. The molecule has 0 radical (unpaired) electrons. The van der Waals surface area contributed by atoms with Gasteiger partial charge in [0.1, 0.15) is 5.82 Å². The molecule has 4 nitrogen and oxygen atoms in total. The standard InChI is InChI=1S/C16H23FN2O2/c1-16(2,3)19-8-6-18(7-9-19)11-12-10-13(17)4-5-14(12)15(20)21/h4-5,10H,6-9,11H2,1-3H3,(H,20,21). The van der Waals surface area contributed by atoms with Crippen molar-refractivity contribution in [2.24, 2.45) is 0 Å². The number of rotatable bonds is 3. The SMILES string of the molecule is CC(C)(C)N1CCN(Cc2cc(F)ccc2C(=O)O)CC1. The molecule has 1 aliphatic rings. The Morgan fingerprint density at radius 2 is 1.86 bits per heavy atom. The minimum Gasteiger partial charge on any atom is -0.478 e. The van der Waals surface area contributed by atoms with E-state index in [1.165, 1.54) is 18.2 Å². The summed E-state index contributed by atoms with van der Waals surface area (Å²) >= 11 is 0. The maximum Gasteiger partial charge on any atom is 0.336 e. The van der Waals surface area contributed by atoms with Crippen molar-refractivity contribution >= 4 is 5.97 Å². The van der Waals surface area contributed by atoms with Gasteiger partial charge in [0.05, 0.1) is 5.56 Å². The summed E-state index contributed by atoms with van der Waals surface area (Å²) in [6.07, 6.45) is 0. The van der Waals surface area contributed by atoms with Crippen molar-refractivity contribution in [1.29, 1.82) is 0 Å². The van der Waals surface area contributed by atoms with Crippen LogP contribution in [0.2, 0.25) is 0 Å². The highest BCUT2D eigenvalue weighted by molar-refractivity contribution is 5.89. The van der Waals surface area contributed by atoms with E-state index in [-0.39, 0.29) is 16.9 Å². The lowest BCUT2D eigenvalue weighted by atomic mass is 10.0. The molecule has 0 aromatic heterocycles. The lowest BCUT2D eigenvalue weighted by Gasteiger charge is -2.42. The Labute approximate surface area is 125 Å². The van der Waals surface area contributed by atoms with Gasteiger partial charge >= 0.3 is 5.97 Å². The Morgan fingerprint density at radius 3 is 2.38 bits per heavy atom. The third kappa shape index (κ3) is 4.02. The molecule has 1 fully saturated rings. The lowest BCUT2D eigenvalue weighted by molar-refractivity contribution is 0.0583. The van der Waals surface area contributed by atoms with Crippen LogP contribution in [0.25, 0.3) is 0 Å². The molecule has 1 N–H and O–H groups in total. The first kappa shape index (κ1) is 15.9. The molecule has 116 valence electrons. The molecule has 0 atom stereocenters. The van der Waals surface area contributed by atoms with Crippen LogP contribution in [0.3, 0.4) is 0 Å². The summed E-state index contributed by atoms with van der Waals surface area (Å²) in [5, 5.41) is 9.19. The first-order valence-electron chi connectivity index (χ1n) is 7.26. The van der Waals surface area contributed by atoms with Gasteiger partial charge in [-0.05, 0) is 44.5 Å². The van der Waals surface area contributed by atoms with Crippen LogP contribution >= 0.6 is 0 Å². The highest BCUT2D eigenvalue weighted by Crippen LogP contribution is 2.19. The normalized spacial score (nSPS) is 17.9. The van der Waals surface area contributed by atoms with E-state index >= 15 is 0 Å². The molecular weight excluding hydrogens is 271 g/mol. The number of aromatic carboxylic acids is 1. The zero-order valence-electron chi connectivity index (χ0n) is 12.9. The third-order valence-corrected chi connectivity index (χ3v) is 4.01. The van der Waals surface area contributed by atoms with Crippen molar-refractivity contribution in [3.63, 3.8) is 0 Å². The first-order valence-corrected chi connectivity index (χ1v) is 7.26. The highest BCUT2D eigenvalue weighted by atomic mass is 19.1. The van der Waals surface area contributed by atoms with E-state index in [9.17, 15) is 14.3 Å². The van der Waals surface area contributed by atoms with Gasteiger partial charge < -0.3 is 5.11 Å². The number of nitrogens with zero attached hydrogens (tertiary/aromatic N) is 2. The maximum absolute atomic E-state index is 13.4. The molecule has 0 amide bonds. The molecule has 21 heavy (non-hydrogen) atoms. The van der Waals surface area contributed by atoms with Crippen LogP contribution < -0.4 is 0 Å². The second kappa shape index (κ2) is 6.12. The van der Waals surface area contributed by atoms with Crippen LogP contribution in [0.4, 0.5) is 4.39 Å². The molecule has 5 heteroatoms. The van der Waals surface area contributed by atoms with Crippen LogP contribution in [-0.2, 0) is 6.54 Å². The molecule has 0 bridgehead atoms. The van der Waals surface area contributed by atoms with Crippen molar-refractivity contribution in [3.05, 3.63) is 35.1 Å². The van der Waals surface area contributed by atoms with E-state index in [4.69, 9.17) is 0 Å². The number of hydrogen-bond acceptors (Lipinski definition) is 3. The van der Waals surface area contributed by atoms with Crippen molar-refractivity contribution in [3.8, 4) is 0 Å². The fourth-order valence-corrected chi connectivity index (χ4v) is 2.72. The molecular formula is C16H23FN2O2. The third-order valence-electron chi connectivity index (χ3n) is 4.01. The number of piperazine rings is 1. The summed E-state index contributed by atoms with van der Waals surface area (Å²) in [5.41, 5.74) is 0.887. The van der Waals surface area contributed by atoms with Crippen LogP contribution in [0.1, 0.15) is 36.7 Å². The molecule has 0 spiro atoms. The molecule has 1 aromatic carbocycles. The number of carboxylic acid groups (broad SMARTS) is 1. The van der Waals surface area contributed by atoms with E-state index in [0.717, 1.165) is 26.2 Å². The van der Waals surface area contributed by atoms with Gasteiger partial charge in [-0.1, -0.05) is 0 Å². The molecule has 1 heterocycles. The van der Waals surface area contributed by atoms with Gasteiger partial charge in [0.2, 0.25) is 0 Å². The summed E-state index contributed by atoms with van der Waals surface area (Å²) in [6, 6.07) is 3.88. The van der Waals surface area contributed by atoms with Crippen LogP contribution in [0, 0.1) is 5.82 Å². The molecule has 1 saturated heterocycles. The van der Waals surface area contributed by atoms with E-state index in [1.807, 2.05) is 0 Å². The number of carboxylic acids is 1. The van der Waals surface area contributed by atoms with E-state index in [1.54, 1.807) is 0 Å². The van der Waals surface area contributed by atoms with Crippen molar-refractivity contribution in [2.45, 2.75) is 32.9 Å².